The summed E-state index contributed by atoms with van der Waals surface area (Å²) < 4.78 is 38.3. The molecule has 0 aliphatic heterocycles. The molecule has 0 fully saturated rings. The van der Waals surface area contributed by atoms with Crippen LogP contribution in [0, 0.1) is 0 Å². The number of aliphatic hydroxyl groups is 1. The van der Waals surface area contributed by atoms with E-state index in [1.54, 1.807) is 12.1 Å². The van der Waals surface area contributed by atoms with E-state index in [1.807, 2.05) is 12.1 Å². The number of halogens is 4. The average molecular weight is 344 g/mol. The van der Waals surface area contributed by atoms with E-state index >= 15 is 0 Å². The van der Waals surface area contributed by atoms with Gasteiger partial charge in [-0.1, -0.05) is 35.9 Å². The molecule has 1 atom stereocenters. The molecule has 0 bridgehead atoms. The van der Waals surface area contributed by atoms with Crippen molar-refractivity contribution in [3.05, 3.63) is 70.2 Å². The standard InChI is InChI=1S/C17H17ClF3NO/c1-16(23,11-22-10-12-5-7-15(18)8-6-12)13-3-2-4-14(9-13)17(19,20)21/h2-9,22-23H,10-11H2,1H3. The van der Waals surface area contributed by atoms with Crippen LogP contribution in [-0.4, -0.2) is 11.7 Å². The Kier molecular flexibility index (Phi) is 5.34. The van der Waals surface area contributed by atoms with Crippen LogP contribution in [-0.2, 0) is 18.3 Å². The lowest BCUT2D eigenvalue weighted by Crippen LogP contribution is -2.35. The van der Waals surface area contributed by atoms with Crippen LogP contribution in [0.1, 0.15) is 23.6 Å². The zero-order valence-electron chi connectivity index (χ0n) is 12.5. The highest BCUT2D eigenvalue weighted by Gasteiger charge is 2.32. The first-order valence-corrected chi connectivity index (χ1v) is 7.41. The van der Waals surface area contributed by atoms with Crippen molar-refractivity contribution in [3.63, 3.8) is 0 Å². The number of alkyl halides is 3. The van der Waals surface area contributed by atoms with Crippen molar-refractivity contribution in [2.45, 2.75) is 25.2 Å². The molecular formula is C17H17ClF3NO. The summed E-state index contributed by atoms with van der Waals surface area (Å²) in [6.07, 6.45) is -4.43. The molecule has 23 heavy (non-hydrogen) atoms. The van der Waals surface area contributed by atoms with Gasteiger partial charge in [0.2, 0.25) is 0 Å². The topological polar surface area (TPSA) is 32.3 Å². The van der Waals surface area contributed by atoms with Gasteiger partial charge in [0.05, 0.1) is 11.2 Å². The Morgan fingerprint density at radius 3 is 2.26 bits per heavy atom. The highest BCUT2D eigenvalue weighted by molar-refractivity contribution is 6.30. The van der Waals surface area contributed by atoms with Crippen molar-refractivity contribution in [2.75, 3.05) is 6.54 Å². The first kappa shape index (κ1) is 17.8. The first-order chi connectivity index (χ1) is 10.7. The first-order valence-electron chi connectivity index (χ1n) is 7.04. The van der Waals surface area contributed by atoms with E-state index < -0.39 is 17.3 Å². The molecule has 0 heterocycles. The largest absolute Gasteiger partial charge is 0.416 e. The zero-order valence-corrected chi connectivity index (χ0v) is 13.2. The molecule has 2 aromatic rings. The number of hydrogen-bond donors (Lipinski definition) is 2. The molecule has 0 spiro atoms. The fourth-order valence-corrected chi connectivity index (χ4v) is 2.31. The van der Waals surface area contributed by atoms with E-state index in [4.69, 9.17) is 11.6 Å². The third-order valence-electron chi connectivity index (χ3n) is 3.52. The molecular weight excluding hydrogens is 327 g/mol. The summed E-state index contributed by atoms with van der Waals surface area (Å²) in [5.41, 5.74) is -0.994. The van der Waals surface area contributed by atoms with Gasteiger partial charge < -0.3 is 10.4 Å². The Morgan fingerprint density at radius 2 is 1.65 bits per heavy atom. The number of hydrogen-bond acceptors (Lipinski definition) is 2. The molecule has 0 saturated carbocycles. The second-order valence-electron chi connectivity index (χ2n) is 5.58. The highest BCUT2D eigenvalue weighted by atomic mass is 35.5. The van der Waals surface area contributed by atoms with Crippen molar-refractivity contribution >= 4 is 11.6 Å². The van der Waals surface area contributed by atoms with E-state index in [-0.39, 0.29) is 12.1 Å². The predicted molar refractivity (Wildman–Crippen MR) is 84.2 cm³/mol. The quantitative estimate of drug-likeness (QED) is 0.845. The van der Waals surface area contributed by atoms with E-state index in [2.05, 4.69) is 5.32 Å². The molecule has 2 rings (SSSR count). The van der Waals surface area contributed by atoms with E-state index in [0.717, 1.165) is 17.7 Å². The van der Waals surface area contributed by atoms with Gasteiger partial charge in [0, 0.05) is 18.1 Å². The number of rotatable bonds is 5. The maximum Gasteiger partial charge on any atom is 0.416 e. The van der Waals surface area contributed by atoms with Crippen LogP contribution in [0.15, 0.2) is 48.5 Å². The molecule has 2 aromatic carbocycles. The van der Waals surface area contributed by atoms with Crippen LogP contribution in [0.4, 0.5) is 13.2 Å². The van der Waals surface area contributed by atoms with Crippen molar-refractivity contribution in [2.24, 2.45) is 0 Å². The Bertz CT molecular complexity index is 654. The highest BCUT2D eigenvalue weighted by Crippen LogP contribution is 2.32. The van der Waals surface area contributed by atoms with Crippen molar-refractivity contribution < 1.29 is 18.3 Å². The Hall–Kier alpha value is -1.56. The molecule has 0 aromatic heterocycles. The minimum atomic E-state index is -4.43. The van der Waals surface area contributed by atoms with Gasteiger partial charge in [-0.15, -0.1) is 0 Å². The normalized spacial score (nSPS) is 14.5. The minimum absolute atomic E-state index is 0.122. The molecule has 0 aliphatic carbocycles. The van der Waals surface area contributed by atoms with Crippen LogP contribution < -0.4 is 5.32 Å². The Morgan fingerprint density at radius 1 is 1.04 bits per heavy atom. The zero-order chi connectivity index (χ0) is 17.1. The van der Waals surface area contributed by atoms with Crippen LogP contribution >= 0.6 is 11.6 Å². The van der Waals surface area contributed by atoms with Gasteiger partial charge in [-0.25, -0.2) is 0 Å². The maximum absolute atomic E-state index is 12.8. The number of benzene rings is 2. The van der Waals surface area contributed by atoms with Gasteiger partial charge in [0.25, 0.3) is 0 Å². The van der Waals surface area contributed by atoms with E-state index in [1.165, 1.54) is 19.1 Å². The van der Waals surface area contributed by atoms with E-state index in [0.29, 0.717) is 11.6 Å². The molecule has 124 valence electrons. The summed E-state index contributed by atoms with van der Waals surface area (Å²) in [6, 6.07) is 11.9. The Balaban J connectivity index is 2.02. The van der Waals surface area contributed by atoms with Crippen LogP contribution in [0.3, 0.4) is 0 Å². The lowest BCUT2D eigenvalue weighted by molar-refractivity contribution is -0.137. The molecule has 0 amide bonds. The summed E-state index contributed by atoms with van der Waals surface area (Å²) in [5.74, 6) is 0. The lowest BCUT2D eigenvalue weighted by Gasteiger charge is -2.25. The van der Waals surface area contributed by atoms with Gasteiger partial charge >= 0.3 is 6.18 Å². The molecule has 0 radical (unpaired) electrons. The fraction of sp³-hybridized carbons (Fsp3) is 0.294. The maximum atomic E-state index is 12.8. The third-order valence-corrected chi connectivity index (χ3v) is 3.78. The molecule has 0 saturated heterocycles. The second-order valence-corrected chi connectivity index (χ2v) is 6.02. The summed E-state index contributed by atoms with van der Waals surface area (Å²) >= 11 is 5.80. The predicted octanol–water partition coefficient (Wildman–Crippen LogP) is 4.36. The molecule has 2 nitrogen and oxygen atoms in total. The lowest BCUT2D eigenvalue weighted by atomic mass is 9.94. The Labute approximate surface area is 137 Å². The van der Waals surface area contributed by atoms with Crippen molar-refractivity contribution in [1.82, 2.24) is 5.32 Å². The van der Waals surface area contributed by atoms with Gasteiger partial charge in [-0.3, -0.25) is 0 Å². The fourth-order valence-electron chi connectivity index (χ4n) is 2.19. The summed E-state index contributed by atoms with van der Waals surface area (Å²) in [6.45, 7) is 2.08. The summed E-state index contributed by atoms with van der Waals surface area (Å²) in [5, 5.41) is 14.1. The van der Waals surface area contributed by atoms with Crippen LogP contribution in [0.2, 0.25) is 5.02 Å². The summed E-state index contributed by atoms with van der Waals surface area (Å²) in [4.78, 5) is 0. The van der Waals surface area contributed by atoms with Gasteiger partial charge in [0.15, 0.2) is 0 Å². The molecule has 1 unspecified atom stereocenters. The van der Waals surface area contributed by atoms with Crippen molar-refractivity contribution in [1.29, 1.82) is 0 Å². The summed E-state index contributed by atoms with van der Waals surface area (Å²) in [7, 11) is 0. The van der Waals surface area contributed by atoms with Gasteiger partial charge in [-0.05, 0) is 42.3 Å². The average Bonchev–Trinajstić information content (AvgIpc) is 2.48. The monoisotopic (exact) mass is 343 g/mol. The van der Waals surface area contributed by atoms with Crippen LogP contribution in [0.25, 0.3) is 0 Å². The second kappa shape index (κ2) is 6.91. The number of nitrogens with one attached hydrogen (secondary N) is 1. The molecule has 2 N–H and O–H groups in total. The minimum Gasteiger partial charge on any atom is -0.384 e. The van der Waals surface area contributed by atoms with Gasteiger partial charge in [-0.2, -0.15) is 13.2 Å². The van der Waals surface area contributed by atoms with Gasteiger partial charge in [0.1, 0.15) is 0 Å². The van der Waals surface area contributed by atoms with Crippen molar-refractivity contribution in [3.8, 4) is 0 Å². The smallest absolute Gasteiger partial charge is 0.384 e. The molecule has 0 aliphatic rings. The molecule has 6 heteroatoms. The van der Waals surface area contributed by atoms with Crippen LogP contribution in [0.5, 0.6) is 0 Å². The SMILES string of the molecule is CC(O)(CNCc1ccc(Cl)cc1)c1cccc(C(F)(F)F)c1. The van der Waals surface area contributed by atoms with E-state index in [9.17, 15) is 18.3 Å². The third kappa shape index (κ3) is 4.96.